The molecular weight excluding hydrogens is 371 g/mol. The van der Waals surface area contributed by atoms with E-state index >= 15 is 0 Å². The quantitative estimate of drug-likeness (QED) is 0.582. The summed E-state index contributed by atoms with van der Waals surface area (Å²) >= 11 is 9.10. The Bertz CT molecular complexity index is 361. The number of benzene rings is 1. The van der Waals surface area contributed by atoms with Crippen LogP contribution in [0.3, 0.4) is 0 Å². The molecule has 1 aromatic rings. The number of nitrogens with zero attached hydrogens (tertiary/aromatic N) is 1. The van der Waals surface area contributed by atoms with Gasteiger partial charge in [-0.25, -0.2) is 4.99 Å². The van der Waals surface area contributed by atoms with Gasteiger partial charge >= 0.3 is 0 Å². The summed E-state index contributed by atoms with van der Waals surface area (Å²) in [7, 11) is 0. The second kappa shape index (κ2) is 4.52. The van der Waals surface area contributed by atoms with Crippen molar-refractivity contribution in [2.24, 2.45) is 4.99 Å². The molecule has 0 atom stereocenters. The predicted octanol–water partition coefficient (Wildman–Crippen LogP) is 4.15. The summed E-state index contributed by atoms with van der Waals surface area (Å²) in [6.45, 7) is 0. The van der Waals surface area contributed by atoms with Gasteiger partial charge in [-0.3, -0.25) is 0 Å². The maximum absolute atomic E-state index is 12.4. The first kappa shape index (κ1) is 11.1. The van der Waals surface area contributed by atoms with Crippen LogP contribution in [-0.2, 0) is 0 Å². The number of hydrogen-bond donors (Lipinski definition) is 1. The van der Waals surface area contributed by atoms with E-state index in [2.05, 4.69) is 52.8 Å². The minimum absolute atomic E-state index is 0.379. The predicted molar refractivity (Wildman–Crippen MR) is 63.4 cm³/mol. The number of hydrogen-bond acceptors (Lipinski definition) is 2. The Morgan fingerprint density at radius 3 is 2.54 bits per heavy atom. The summed E-state index contributed by atoms with van der Waals surface area (Å²) in [5.74, 6) is 0. The van der Waals surface area contributed by atoms with E-state index < -0.39 is 4.87 Å². The molecule has 0 amide bonds. The summed E-state index contributed by atoms with van der Waals surface area (Å²) in [6, 6.07) is 3.35. The SMILES string of the molecule is Nc1c(N=C(F)Br)ccc(Br)c1Br. The van der Waals surface area contributed by atoms with E-state index in [-0.39, 0.29) is 0 Å². The number of nitrogens with two attached hydrogens (primary N) is 1. The monoisotopic (exact) mass is 372 g/mol. The fourth-order valence-corrected chi connectivity index (χ4v) is 1.62. The molecule has 0 saturated carbocycles. The van der Waals surface area contributed by atoms with Gasteiger partial charge in [0.05, 0.1) is 15.8 Å². The Balaban J connectivity index is 3.26. The van der Waals surface area contributed by atoms with E-state index in [1.807, 2.05) is 0 Å². The maximum Gasteiger partial charge on any atom is 0.256 e. The lowest BCUT2D eigenvalue weighted by molar-refractivity contribution is 0.834. The van der Waals surface area contributed by atoms with Crippen LogP contribution < -0.4 is 5.73 Å². The molecule has 0 aliphatic heterocycles. The third-order valence-electron chi connectivity index (χ3n) is 1.31. The minimum Gasteiger partial charge on any atom is -0.396 e. The van der Waals surface area contributed by atoms with E-state index in [4.69, 9.17) is 5.73 Å². The molecule has 70 valence electrons. The number of nitrogen functional groups attached to an aromatic ring is 1. The van der Waals surface area contributed by atoms with E-state index in [1.165, 1.54) is 0 Å². The van der Waals surface area contributed by atoms with Crippen molar-refractivity contribution < 1.29 is 4.39 Å². The molecule has 1 aromatic carbocycles. The molecule has 0 aliphatic carbocycles. The lowest BCUT2D eigenvalue weighted by atomic mass is 10.3. The van der Waals surface area contributed by atoms with Crippen LogP contribution in [0.2, 0.25) is 0 Å². The molecule has 0 bridgehead atoms. The topological polar surface area (TPSA) is 38.4 Å². The average molecular weight is 375 g/mol. The third kappa shape index (κ3) is 2.75. The molecule has 0 saturated heterocycles. The smallest absolute Gasteiger partial charge is 0.256 e. The van der Waals surface area contributed by atoms with Crippen molar-refractivity contribution in [3.63, 3.8) is 0 Å². The van der Waals surface area contributed by atoms with Gasteiger partial charge in [-0.1, -0.05) is 0 Å². The van der Waals surface area contributed by atoms with Crippen LogP contribution in [0.15, 0.2) is 26.1 Å². The van der Waals surface area contributed by atoms with Crippen molar-refractivity contribution in [3.8, 4) is 0 Å². The number of aliphatic imine (C=N–C) groups is 1. The third-order valence-corrected chi connectivity index (χ3v) is 3.54. The molecule has 0 radical (unpaired) electrons. The first-order valence-corrected chi connectivity index (χ1v) is 5.53. The zero-order valence-corrected chi connectivity index (χ0v) is 10.9. The van der Waals surface area contributed by atoms with Gasteiger partial charge in [0, 0.05) is 20.4 Å². The van der Waals surface area contributed by atoms with Crippen LogP contribution in [0.5, 0.6) is 0 Å². The molecule has 1 rings (SSSR count). The zero-order chi connectivity index (χ0) is 10.0. The average Bonchev–Trinajstić information content (AvgIpc) is 2.06. The Hall–Kier alpha value is 0.0600. The van der Waals surface area contributed by atoms with Gasteiger partial charge in [0.1, 0.15) is 0 Å². The molecule has 0 aliphatic rings. The zero-order valence-electron chi connectivity index (χ0n) is 6.19. The van der Waals surface area contributed by atoms with Gasteiger partial charge in [-0.05, 0) is 44.0 Å². The van der Waals surface area contributed by atoms with Crippen molar-refractivity contribution in [2.75, 3.05) is 5.73 Å². The molecule has 0 unspecified atom stereocenters. The molecule has 0 spiro atoms. The lowest BCUT2D eigenvalue weighted by Gasteiger charge is -2.03. The molecular formula is C7H4Br3FN2. The molecule has 13 heavy (non-hydrogen) atoms. The largest absolute Gasteiger partial charge is 0.396 e. The standard InChI is InChI=1S/C7H4Br3FN2/c8-3-1-2-4(13-7(10)11)6(12)5(3)9/h1-2H,12H2. The molecule has 0 aromatic heterocycles. The van der Waals surface area contributed by atoms with E-state index in [0.29, 0.717) is 15.8 Å². The number of halogens is 4. The summed E-state index contributed by atoms with van der Waals surface area (Å²) in [5.41, 5.74) is 6.43. The van der Waals surface area contributed by atoms with E-state index in [0.717, 1.165) is 4.47 Å². The van der Waals surface area contributed by atoms with Crippen LogP contribution in [0, 0.1) is 0 Å². The van der Waals surface area contributed by atoms with Gasteiger partial charge in [0.25, 0.3) is 4.87 Å². The highest BCUT2D eigenvalue weighted by Crippen LogP contribution is 2.36. The van der Waals surface area contributed by atoms with Crippen molar-refractivity contribution in [2.45, 2.75) is 0 Å². The van der Waals surface area contributed by atoms with Crippen molar-refractivity contribution in [1.82, 2.24) is 0 Å². The highest BCUT2D eigenvalue weighted by atomic mass is 79.9. The van der Waals surface area contributed by atoms with Gasteiger partial charge in [0.2, 0.25) is 0 Å². The summed E-state index contributed by atoms with van der Waals surface area (Å²) < 4.78 is 13.9. The summed E-state index contributed by atoms with van der Waals surface area (Å²) in [6.07, 6.45) is 0. The van der Waals surface area contributed by atoms with Crippen LogP contribution in [0.4, 0.5) is 15.8 Å². The Labute approximate surface area is 99.8 Å². The van der Waals surface area contributed by atoms with Gasteiger partial charge in [-0.2, -0.15) is 4.39 Å². The molecule has 0 fully saturated rings. The van der Waals surface area contributed by atoms with Crippen LogP contribution >= 0.6 is 47.8 Å². The van der Waals surface area contributed by atoms with Gasteiger partial charge in [-0.15, -0.1) is 0 Å². The fourth-order valence-electron chi connectivity index (χ4n) is 0.745. The Morgan fingerprint density at radius 2 is 2.00 bits per heavy atom. The minimum atomic E-state index is -0.701. The van der Waals surface area contributed by atoms with Gasteiger partial charge in [0.15, 0.2) is 0 Å². The van der Waals surface area contributed by atoms with Crippen molar-refractivity contribution >= 4 is 64.0 Å². The van der Waals surface area contributed by atoms with Crippen LogP contribution in [-0.4, -0.2) is 4.87 Å². The fraction of sp³-hybridized carbons (Fsp3) is 0. The normalized spacial score (nSPS) is 11.8. The summed E-state index contributed by atoms with van der Waals surface area (Å²) in [4.78, 5) is 2.85. The molecule has 6 heteroatoms. The van der Waals surface area contributed by atoms with Gasteiger partial charge < -0.3 is 5.73 Å². The van der Waals surface area contributed by atoms with Crippen molar-refractivity contribution in [1.29, 1.82) is 0 Å². The van der Waals surface area contributed by atoms with E-state index in [9.17, 15) is 4.39 Å². The lowest BCUT2D eigenvalue weighted by Crippen LogP contribution is -1.88. The first-order chi connectivity index (χ1) is 6.02. The van der Waals surface area contributed by atoms with Crippen LogP contribution in [0.1, 0.15) is 0 Å². The molecule has 2 nitrogen and oxygen atoms in total. The second-order valence-corrected chi connectivity index (χ2v) is 4.45. The number of anilines is 1. The van der Waals surface area contributed by atoms with Crippen molar-refractivity contribution in [3.05, 3.63) is 21.1 Å². The highest BCUT2D eigenvalue weighted by Gasteiger charge is 2.06. The molecule has 2 N–H and O–H groups in total. The second-order valence-electron chi connectivity index (χ2n) is 2.15. The first-order valence-electron chi connectivity index (χ1n) is 3.15. The Morgan fingerprint density at radius 1 is 1.38 bits per heavy atom. The highest BCUT2D eigenvalue weighted by molar-refractivity contribution is 9.18. The maximum atomic E-state index is 12.4. The summed E-state index contributed by atoms with van der Waals surface area (Å²) in [5, 5.41) is 0. The number of rotatable bonds is 1. The van der Waals surface area contributed by atoms with E-state index in [1.54, 1.807) is 12.1 Å². The Kier molecular flexibility index (Phi) is 3.87. The van der Waals surface area contributed by atoms with Crippen LogP contribution in [0.25, 0.3) is 0 Å². The molecule has 0 heterocycles.